The molecule has 3 heterocycles. The fourth-order valence-corrected chi connectivity index (χ4v) is 3.96. The molecule has 1 saturated heterocycles. The molecule has 0 saturated carbocycles. The smallest absolute Gasteiger partial charge is 0.344 e. The third-order valence-corrected chi connectivity index (χ3v) is 5.83. The van der Waals surface area contributed by atoms with Crippen molar-refractivity contribution in [2.45, 2.75) is 31.4 Å². The molecule has 2 aromatic heterocycles. The Hall–Kier alpha value is -4.16. The molecule has 0 aliphatic carbocycles. The second-order valence-electron chi connectivity index (χ2n) is 8.01. The fourth-order valence-electron chi connectivity index (χ4n) is 3.96. The lowest BCUT2D eigenvalue weighted by molar-refractivity contribution is 0.0248. The molecule has 9 nitrogen and oxygen atoms in total. The van der Waals surface area contributed by atoms with Crippen molar-refractivity contribution in [3.05, 3.63) is 71.7 Å². The van der Waals surface area contributed by atoms with E-state index in [-0.39, 0.29) is 35.4 Å². The van der Waals surface area contributed by atoms with Gasteiger partial charge in [-0.3, -0.25) is 4.79 Å². The number of hydrogen-bond donors (Lipinski definition) is 1. The number of nitrogens with zero attached hydrogens (tertiary/aromatic N) is 4. The van der Waals surface area contributed by atoms with Crippen LogP contribution in [-0.2, 0) is 4.74 Å². The molecule has 0 amide bonds. The van der Waals surface area contributed by atoms with Gasteiger partial charge in [0.05, 0.1) is 12.7 Å². The average molecular weight is 457 g/mol. The van der Waals surface area contributed by atoms with Gasteiger partial charge in [0.25, 0.3) is 0 Å². The Morgan fingerprint density at radius 1 is 1.12 bits per heavy atom. The van der Waals surface area contributed by atoms with Gasteiger partial charge in [-0.2, -0.15) is 5.26 Å². The zero-order valence-electron chi connectivity index (χ0n) is 18.8. The first-order valence-corrected chi connectivity index (χ1v) is 10.8. The van der Waals surface area contributed by atoms with Crippen LogP contribution in [0.25, 0.3) is 11.4 Å². The van der Waals surface area contributed by atoms with Crippen LogP contribution >= 0.6 is 0 Å². The van der Waals surface area contributed by atoms with Crippen LogP contribution in [0.2, 0.25) is 0 Å². The number of carbonyl (C=O) groups excluding carboxylic acids is 2. The average Bonchev–Trinajstić information content (AvgIpc) is 2.89. The van der Waals surface area contributed by atoms with E-state index < -0.39 is 11.6 Å². The number of Topliss-reactive ketones (excluding diaryl/α,β-unsaturated/α-hetero) is 1. The number of carbonyl (C=O) groups is 2. The summed E-state index contributed by atoms with van der Waals surface area (Å²) in [7, 11) is 1.21. The second kappa shape index (κ2) is 9.77. The van der Waals surface area contributed by atoms with E-state index in [9.17, 15) is 14.9 Å². The Labute approximate surface area is 196 Å². The first-order chi connectivity index (χ1) is 16.5. The molecule has 4 rings (SSSR count). The number of piperidine rings is 1. The highest BCUT2D eigenvalue weighted by molar-refractivity contribution is 6.07. The molecule has 1 aliphatic heterocycles. The lowest BCUT2D eigenvalue weighted by Crippen LogP contribution is -2.58. The molecule has 0 spiro atoms. The van der Waals surface area contributed by atoms with Crippen LogP contribution in [0.15, 0.2) is 55.0 Å². The van der Waals surface area contributed by atoms with Gasteiger partial charge >= 0.3 is 5.97 Å². The molecule has 0 unspecified atom stereocenters. The van der Waals surface area contributed by atoms with Crippen molar-refractivity contribution in [2.24, 2.45) is 0 Å². The van der Waals surface area contributed by atoms with Gasteiger partial charge in [0, 0.05) is 42.3 Å². The maximum Gasteiger partial charge on any atom is 0.344 e. The summed E-state index contributed by atoms with van der Waals surface area (Å²) in [6.45, 7) is 2.21. The van der Waals surface area contributed by atoms with Gasteiger partial charge in [-0.15, -0.1) is 0 Å². The Morgan fingerprint density at radius 2 is 1.88 bits per heavy atom. The van der Waals surface area contributed by atoms with E-state index in [1.807, 2.05) is 19.1 Å². The van der Waals surface area contributed by atoms with E-state index in [4.69, 9.17) is 9.47 Å². The monoisotopic (exact) mass is 457 g/mol. The largest absolute Gasteiger partial charge is 0.465 e. The number of esters is 1. The number of aromatic nitrogens is 3. The normalized spacial score (nSPS) is 19.6. The summed E-state index contributed by atoms with van der Waals surface area (Å²) in [5.41, 5.74) is -0.475. The van der Waals surface area contributed by atoms with E-state index >= 15 is 0 Å². The molecular formula is C25H23N5O4. The van der Waals surface area contributed by atoms with E-state index in [1.165, 1.54) is 19.4 Å². The minimum absolute atomic E-state index is 0.0506. The van der Waals surface area contributed by atoms with Gasteiger partial charge in [-0.05, 0) is 31.9 Å². The molecule has 172 valence electrons. The molecule has 9 heteroatoms. The number of rotatable bonds is 6. The molecule has 2 atom stereocenters. The summed E-state index contributed by atoms with van der Waals surface area (Å²) in [5, 5.41) is 12.8. The van der Waals surface area contributed by atoms with Gasteiger partial charge in [-0.25, -0.2) is 19.7 Å². The highest BCUT2D eigenvalue weighted by Gasteiger charge is 2.46. The van der Waals surface area contributed by atoms with Gasteiger partial charge < -0.3 is 14.8 Å². The zero-order chi connectivity index (χ0) is 24.1. The van der Waals surface area contributed by atoms with E-state index in [2.05, 4.69) is 20.3 Å². The predicted octanol–water partition coefficient (Wildman–Crippen LogP) is 2.97. The van der Waals surface area contributed by atoms with Crippen molar-refractivity contribution in [3.63, 3.8) is 0 Å². The van der Waals surface area contributed by atoms with Crippen molar-refractivity contribution < 1.29 is 19.1 Å². The molecule has 1 fully saturated rings. The van der Waals surface area contributed by atoms with Gasteiger partial charge in [0.1, 0.15) is 11.6 Å². The number of methoxy groups -OCH3 is 1. The highest BCUT2D eigenvalue weighted by atomic mass is 16.5. The number of hydrogen-bond acceptors (Lipinski definition) is 9. The van der Waals surface area contributed by atoms with Crippen LogP contribution in [0.3, 0.4) is 0 Å². The van der Waals surface area contributed by atoms with Gasteiger partial charge in [0.15, 0.2) is 11.4 Å². The molecule has 0 radical (unpaired) electrons. The third kappa shape index (κ3) is 4.36. The fraction of sp³-hybridized carbons (Fsp3) is 0.280. The van der Waals surface area contributed by atoms with Crippen LogP contribution in [0, 0.1) is 11.3 Å². The molecule has 3 aromatic rings. The highest BCUT2D eigenvalue weighted by Crippen LogP contribution is 2.34. The second-order valence-corrected chi connectivity index (χ2v) is 8.01. The number of nitriles is 1. The molecule has 1 N–H and O–H groups in total. The number of ether oxygens (including phenoxy) is 2. The summed E-state index contributed by atoms with van der Waals surface area (Å²) < 4.78 is 11.1. The number of pyridine rings is 1. The maximum atomic E-state index is 14.1. The SMILES string of the molecule is COC(=O)c1c(C#N)ccnc1O[C@]1(C(=O)c2ccccc2-c2ncccn2)CC[C@@H](C)NC1. The van der Waals surface area contributed by atoms with Crippen LogP contribution in [-0.4, -0.2) is 52.0 Å². The van der Waals surface area contributed by atoms with Crippen LogP contribution in [0.1, 0.15) is 46.0 Å². The molecule has 0 bridgehead atoms. The van der Waals surface area contributed by atoms with Gasteiger partial charge in [-0.1, -0.05) is 24.3 Å². The predicted molar refractivity (Wildman–Crippen MR) is 122 cm³/mol. The maximum absolute atomic E-state index is 14.1. The summed E-state index contributed by atoms with van der Waals surface area (Å²) >= 11 is 0. The Bertz CT molecular complexity index is 1250. The van der Waals surface area contributed by atoms with Crippen molar-refractivity contribution in [3.8, 4) is 23.3 Å². The first kappa shape index (κ1) is 23.0. The minimum atomic E-state index is -1.37. The van der Waals surface area contributed by atoms with Crippen molar-refractivity contribution in [2.75, 3.05) is 13.7 Å². The summed E-state index contributed by atoms with van der Waals surface area (Å²) in [4.78, 5) is 39.4. The Morgan fingerprint density at radius 3 is 2.56 bits per heavy atom. The number of ketones is 1. The van der Waals surface area contributed by atoms with Crippen molar-refractivity contribution in [1.29, 1.82) is 5.26 Å². The minimum Gasteiger partial charge on any atom is -0.465 e. The van der Waals surface area contributed by atoms with Crippen molar-refractivity contribution >= 4 is 11.8 Å². The standard InChI is InChI=1S/C25H23N5O4/c1-16-8-10-25(15-30-16,34-23-20(24(32)33-2)17(14-26)9-13-29-23)21(31)18-6-3-4-7-19(18)22-27-11-5-12-28-22/h3-7,9,11-13,16,30H,8,10,15H2,1-2H3/t16-,25-/m1/s1. The molecule has 34 heavy (non-hydrogen) atoms. The summed E-state index contributed by atoms with van der Waals surface area (Å²) in [6.07, 6.45) is 5.62. The zero-order valence-corrected chi connectivity index (χ0v) is 18.8. The summed E-state index contributed by atoms with van der Waals surface area (Å²) in [5.74, 6) is -0.768. The molecule has 1 aromatic carbocycles. The van der Waals surface area contributed by atoms with E-state index in [0.29, 0.717) is 29.8 Å². The Balaban J connectivity index is 1.82. The third-order valence-electron chi connectivity index (χ3n) is 5.83. The topological polar surface area (TPSA) is 127 Å². The van der Waals surface area contributed by atoms with Crippen LogP contribution in [0.4, 0.5) is 0 Å². The quantitative estimate of drug-likeness (QED) is 0.439. The van der Waals surface area contributed by atoms with E-state index in [0.717, 1.165) is 0 Å². The van der Waals surface area contributed by atoms with Crippen molar-refractivity contribution in [1.82, 2.24) is 20.3 Å². The number of benzene rings is 1. The van der Waals surface area contributed by atoms with Crippen LogP contribution in [0.5, 0.6) is 5.88 Å². The Kier molecular flexibility index (Phi) is 6.61. The van der Waals surface area contributed by atoms with Gasteiger partial charge in [0.2, 0.25) is 11.7 Å². The first-order valence-electron chi connectivity index (χ1n) is 10.8. The lowest BCUT2D eigenvalue weighted by atomic mass is 9.82. The molecule has 1 aliphatic rings. The number of nitrogens with one attached hydrogen (secondary N) is 1. The van der Waals surface area contributed by atoms with E-state index in [1.54, 1.807) is 36.7 Å². The lowest BCUT2D eigenvalue weighted by Gasteiger charge is -2.39. The molecular weight excluding hydrogens is 434 g/mol. The van der Waals surface area contributed by atoms with Crippen LogP contribution < -0.4 is 10.1 Å². The summed E-state index contributed by atoms with van der Waals surface area (Å²) in [6, 6.07) is 12.3.